The van der Waals surface area contributed by atoms with Crippen molar-refractivity contribution in [1.82, 2.24) is 14.3 Å². The van der Waals surface area contributed by atoms with Crippen molar-refractivity contribution in [2.75, 3.05) is 6.54 Å². The summed E-state index contributed by atoms with van der Waals surface area (Å²) in [6.45, 7) is 0.256. The second-order valence-electron chi connectivity index (χ2n) is 5.57. The van der Waals surface area contributed by atoms with Gasteiger partial charge in [0.15, 0.2) is 11.6 Å². The monoisotopic (exact) mass is 380 g/mol. The third kappa shape index (κ3) is 3.78. The van der Waals surface area contributed by atoms with Gasteiger partial charge in [-0.15, -0.1) is 11.3 Å². The Hall–Kier alpha value is -2.65. The van der Waals surface area contributed by atoms with E-state index < -0.39 is 11.6 Å². The van der Waals surface area contributed by atoms with Gasteiger partial charge in [0, 0.05) is 16.3 Å². The largest absolute Gasteiger partial charge is 0.346 e. The van der Waals surface area contributed by atoms with Crippen LogP contribution >= 0.6 is 11.3 Å². The maximum atomic E-state index is 13.4. The molecule has 0 radical (unpaired) electrons. The molecule has 26 heavy (non-hydrogen) atoms. The van der Waals surface area contributed by atoms with Gasteiger partial charge in [-0.2, -0.15) is 5.10 Å². The number of rotatable bonds is 6. The van der Waals surface area contributed by atoms with E-state index in [0.29, 0.717) is 11.9 Å². The van der Waals surface area contributed by atoms with Crippen molar-refractivity contribution in [2.24, 2.45) is 5.73 Å². The lowest BCUT2D eigenvalue weighted by Gasteiger charge is -2.01. The zero-order valence-electron chi connectivity index (χ0n) is 13.5. The molecule has 0 saturated carbocycles. The second kappa shape index (κ2) is 7.71. The molecule has 3 rings (SSSR count). The molecule has 2 heterocycles. The van der Waals surface area contributed by atoms with Crippen LogP contribution in [-0.2, 0) is 13.1 Å². The number of nitrogens with two attached hydrogens (primary N) is 1. The molecule has 5 nitrogen and oxygen atoms in total. The van der Waals surface area contributed by atoms with Crippen LogP contribution in [-0.4, -0.2) is 20.9 Å². The van der Waals surface area contributed by atoms with Crippen LogP contribution in [0.4, 0.5) is 13.2 Å². The molecule has 0 unspecified atom stereocenters. The fourth-order valence-electron chi connectivity index (χ4n) is 2.36. The molecule has 2 aromatic heterocycles. The minimum absolute atomic E-state index is 0.00167. The zero-order chi connectivity index (χ0) is 18.7. The molecule has 0 atom stereocenters. The Morgan fingerprint density at radius 2 is 2.04 bits per heavy atom. The smallest absolute Gasteiger partial charge is 0.327 e. The third-order valence-corrected chi connectivity index (χ3v) is 4.88. The predicted molar refractivity (Wildman–Crippen MR) is 93.5 cm³/mol. The lowest BCUT2D eigenvalue weighted by atomic mass is 10.2. The van der Waals surface area contributed by atoms with Crippen LogP contribution in [0.1, 0.15) is 4.88 Å². The van der Waals surface area contributed by atoms with Gasteiger partial charge in [-0.25, -0.2) is 22.6 Å². The fourth-order valence-corrected chi connectivity index (χ4v) is 3.36. The number of thiophene rings is 1. The first-order chi connectivity index (χ1) is 12.5. The van der Waals surface area contributed by atoms with E-state index in [1.807, 2.05) is 0 Å². The maximum Gasteiger partial charge on any atom is 0.346 e. The zero-order valence-corrected chi connectivity index (χ0v) is 14.3. The molecule has 0 amide bonds. The Labute approximate surface area is 150 Å². The van der Waals surface area contributed by atoms with Gasteiger partial charge >= 0.3 is 5.69 Å². The Balaban J connectivity index is 1.78. The van der Waals surface area contributed by atoms with Crippen molar-refractivity contribution < 1.29 is 13.2 Å². The number of hydrogen-bond donors (Lipinski definition) is 1. The van der Waals surface area contributed by atoms with E-state index >= 15 is 0 Å². The van der Waals surface area contributed by atoms with Crippen molar-refractivity contribution in [1.29, 1.82) is 0 Å². The molecule has 2 N–H and O–H groups in total. The molecular formula is C17H15F3N4OS. The summed E-state index contributed by atoms with van der Waals surface area (Å²) in [5.74, 6) is -1.81. The van der Waals surface area contributed by atoms with E-state index in [9.17, 15) is 18.0 Å². The second-order valence-corrected chi connectivity index (χ2v) is 6.73. The molecular weight excluding hydrogens is 365 g/mol. The summed E-state index contributed by atoms with van der Waals surface area (Å²) in [7, 11) is 0. The molecule has 0 spiro atoms. The van der Waals surface area contributed by atoms with Gasteiger partial charge in [-0.05, 0) is 35.4 Å². The van der Waals surface area contributed by atoms with Crippen LogP contribution in [0.5, 0.6) is 0 Å². The first kappa shape index (κ1) is 18.2. The van der Waals surface area contributed by atoms with Crippen LogP contribution in [0.15, 0.2) is 53.4 Å². The highest BCUT2D eigenvalue weighted by Gasteiger charge is 2.10. The van der Waals surface area contributed by atoms with Crippen LogP contribution in [0.2, 0.25) is 0 Å². The standard InChI is InChI=1S/C17H15F3N4OS/c18-6-11(7-21)8-24-17(25)23(10-22-24)9-13-2-4-16(26-13)12-1-3-14(19)15(20)5-12/h1-6,10H,7-9,21H2/b11-6+. The maximum absolute atomic E-state index is 13.4. The van der Waals surface area contributed by atoms with Crippen LogP contribution < -0.4 is 11.4 Å². The van der Waals surface area contributed by atoms with E-state index in [4.69, 9.17) is 5.73 Å². The van der Waals surface area contributed by atoms with Crippen molar-refractivity contribution >= 4 is 11.3 Å². The molecule has 0 aliphatic carbocycles. The first-order valence-electron chi connectivity index (χ1n) is 7.66. The summed E-state index contributed by atoms with van der Waals surface area (Å²) in [5, 5.41) is 3.95. The number of aromatic nitrogens is 3. The average molecular weight is 380 g/mol. The number of halogens is 3. The van der Waals surface area contributed by atoms with Crippen molar-refractivity contribution in [2.45, 2.75) is 13.1 Å². The lowest BCUT2D eigenvalue weighted by molar-refractivity contribution is 0.509. The number of benzene rings is 1. The first-order valence-corrected chi connectivity index (χ1v) is 8.48. The lowest BCUT2D eigenvalue weighted by Crippen LogP contribution is -2.26. The molecule has 0 fully saturated rings. The Morgan fingerprint density at radius 3 is 2.73 bits per heavy atom. The highest BCUT2D eigenvalue weighted by molar-refractivity contribution is 7.15. The van der Waals surface area contributed by atoms with Gasteiger partial charge in [0.25, 0.3) is 0 Å². The number of hydrogen-bond acceptors (Lipinski definition) is 4. The Bertz CT molecular complexity index is 1010. The average Bonchev–Trinajstić information content (AvgIpc) is 3.24. The molecule has 1 aromatic carbocycles. The Kier molecular flexibility index (Phi) is 5.38. The van der Waals surface area contributed by atoms with Crippen molar-refractivity contribution in [3.05, 3.63) is 75.6 Å². The van der Waals surface area contributed by atoms with E-state index in [1.165, 1.54) is 28.3 Å². The Morgan fingerprint density at radius 1 is 1.23 bits per heavy atom. The number of nitrogens with zero attached hydrogens (tertiary/aromatic N) is 3. The van der Waals surface area contributed by atoms with Crippen molar-refractivity contribution in [3.8, 4) is 10.4 Å². The molecule has 0 saturated heterocycles. The van der Waals surface area contributed by atoms with Gasteiger partial charge in [0.1, 0.15) is 6.33 Å². The van der Waals surface area contributed by atoms with Crippen LogP contribution in [0.25, 0.3) is 10.4 Å². The van der Waals surface area contributed by atoms with Gasteiger partial charge in [-0.3, -0.25) is 4.57 Å². The minimum atomic E-state index is -0.911. The topological polar surface area (TPSA) is 65.8 Å². The molecule has 0 aliphatic heterocycles. The van der Waals surface area contributed by atoms with E-state index in [1.54, 1.807) is 12.1 Å². The van der Waals surface area contributed by atoms with E-state index in [-0.39, 0.29) is 30.9 Å². The predicted octanol–water partition coefficient (Wildman–Crippen LogP) is 2.91. The summed E-state index contributed by atoms with van der Waals surface area (Å²) in [5.41, 5.74) is 5.81. The summed E-state index contributed by atoms with van der Waals surface area (Å²) < 4.78 is 41.5. The third-order valence-electron chi connectivity index (χ3n) is 3.76. The van der Waals surface area contributed by atoms with Gasteiger partial charge < -0.3 is 5.73 Å². The molecule has 0 aliphatic rings. The highest BCUT2D eigenvalue weighted by atomic mass is 32.1. The van der Waals surface area contributed by atoms with E-state index in [0.717, 1.165) is 26.6 Å². The quantitative estimate of drug-likeness (QED) is 0.715. The van der Waals surface area contributed by atoms with Crippen LogP contribution in [0.3, 0.4) is 0 Å². The van der Waals surface area contributed by atoms with Crippen molar-refractivity contribution in [3.63, 3.8) is 0 Å². The summed E-state index contributed by atoms with van der Waals surface area (Å²) in [6, 6.07) is 7.28. The normalized spacial score (nSPS) is 11.9. The summed E-state index contributed by atoms with van der Waals surface area (Å²) in [4.78, 5) is 13.9. The summed E-state index contributed by atoms with van der Waals surface area (Å²) >= 11 is 1.36. The minimum Gasteiger partial charge on any atom is -0.327 e. The fraction of sp³-hybridized carbons (Fsp3) is 0.176. The highest BCUT2D eigenvalue weighted by Crippen LogP contribution is 2.29. The van der Waals surface area contributed by atoms with Gasteiger partial charge in [-0.1, -0.05) is 6.07 Å². The van der Waals surface area contributed by atoms with Crippen LogP contribution in [0, 0.1) is 11.6 Å². The van der Waals surface area contributed by atoms with E-state index in [2.05, 4.69) is 5.10 Å². The molecule has 136 valence electrons. The van der Waals surface area contributed by atoms with Gasteiger partial charge in [0.05, 0.1) is 19.4 Å². The SMILES string of the molecule is NC/C(=C\F)Cn1ncn(Cc2ccc(-c3ccc(F)c(F)c3)s2)c1=O. The molecule has 9 heteroatoms. The molecule has 3 aromatic rings. The summed E-state index contributed by atoms with van der Waals surface area (Å²) in [6.07, 6.45) is 1.74. The van der Waals surface area contributed by atoms with Gasteiger partial charge in [0.2, 0.25) is 0 Å². The molecule has 0 bridgehead atoms.